The van der Waals surface area contributed by atoms with Crippen LogP contribution < -0.4 is 0 Å². The van der Waals surface area contributed by atoms with Crippen molar-refractivity contribution in [3.8, 4) is 22.6 Å². The Kier molecular flexibility index (Phi) is 5.39. The first-order valence-corrected chi connectivity index (χ1v) is 10.6. The quantitative estimate of drug-likeness (QED) is 0.197. The van der Waals surface area contributed by atoms with Crippen molar-refractivity contribution in [3.05, 3.63) is 106 Å². The molecule has 2 heterocycles. The van der Waals surface area contributed by atoms with E-state index in [1.165, 1.54) is 6.08 Å². The molecule has 5 rings (SSSR count). The molecule has 4 nitrogen and oxygen atoms in total. The number of hydrogen-bond donors (Lipinski definition) is 0. The second-order valence-corrected chi connectivity index (χ2v) is 7.90. The van der Waals surface area contributed by atoms with E-state index < -0.39 is 0 Å². The van der Waals surface area contributed by atoms with Crippen molar-refractivity contribution < 1.29 is 13.7 Å². The van der Waals surface area contributed by atoms with Crippen LogP contribution in [0.1, 0.15) is 16.1 Å². The highest BCUT2D eigenvalue weighted by Crippen LogP contribution is 2.34. The summed E-state index contributed by atoms with van der Waals surface area (Å²) in [7, 11) is 0. The molecule has 0 saturated heterocycles. The molecule has 0 amide bonds. The fourth-order valence-corrected chi connectivity index (χ4v) is 3.82. The third kappa shape index (κ3) is 3.86. The van der Waals surface area contributed by atoms with Crippen molar-refractivity contribution in [2.24, 2.45) is 0 Å². The molecule has 3 aromatic carbocycles. The molecule has 156 valence electrons. The van der Waals surface area contributed by atoms with Crippen molar-refractivity contribution in [2.45, 2.75) is 0 Å². The number of allylic oxidation sites excluding steroid dienone is 1. The van der Waals surface area contributed by atoms with Crippen LogP contribution >= 0.6 is 23.2 Å². The van der Waals surface area contributed by atoms with Gasteiger partial charge < -0.3 is 8.94 Å². The third-order valence-electron chi connectivity index (χ3n) is 5.03. The van der Waals surface area contributed by atoms with Crippen LogP contribution in [0.5, 0.6) is 0 Å². The summed E-state index contributed by atoms with van der Waals surface area (Å²) < 4.78 is 11.3. The lowest BCUT2D eigenvalue weighted by Crippen LogP contribution is -1.90. The van der Waals surface area contributed by atoms with E-state index >= 15 is 0 Å². The van der Waals surface area contributed by atoms with Crippen LogP contribution in [-0.4, -0.2) is 10.9 Å². The average molecular weight is 460 g/mol. The lowest BCUT2D eigenvalue weighted by Gasteiger charge is -2.02. The van der Waals surface area contributed by atoms with Crippen LogP contribution in [0.25, 0.3) is 39.6 Å². The number of carbonyl (C=O) groups excluding carboxylic acids is 1. The molecule has 32 heavy (non-hydrogen) atoms. The largest absolute Gasteiger partial charge is 0.453 e. The molecule has 6 heteroatoms. The minimum absolute atomic E-state index is 0.211. The van der Waals surface area contributed by atoms with Gasteiger partial charge in [-0.05, 0) is 48.0 Å². The Morgan fingerprint density at radius 2 is 1.75 bits per heavy atom. The molecule has 0 aliphatic rings. The highest BCUT2D eigenvalue weighted by molar-refractivity contribution is 6.43. The number of benzene rings is 3. The van der Waals surface area contributed by atoms with Gasteiger partial charge in [0, 0.05) is 11.1 Å². The number of nitrogens with zero attached hydrogens (tertiary/aromatic N) is 1. The molecule has 0 spiro atoms. The topological polar surface area (TPSA) is 56.2 Å². The highest BCUT2D eigenvalue weighted by Gasteiger charge is 2.14. The van der Waals surface area contributed by atoms with Gasteiger partial charge in [0.2, 0.25) is 5.78 Å². The predicted molar refractivity (Wildman–Crippen MR) is 127 cm³/mol. The van der Waals surface area contributed by atoms with E-state index in [0.29, 0.717) is 27.1 Å². The maximum absolute atomic E-state index is 12.6. The van der Waals surface area contributed by atoms with E-state index in [-0.39, 0.29) is 11.5 Å². The van der Waals surface area contributed by atoms with Crippen molar-refractivity contribution in [2.75, 3.05) is 0 Å². The minimum Gasteiger partial charge on any atom is -0.453 e. The van der Waals surface area contributed by atoms with Gasteiger partial charge in [-0.15, -0.1) is 0 Å². The van der Waals surface area contributed by atoms with Gasteiger partial charge in [-0.2, -0.15) is 0 Å². The van der Waals surface area contributed by atoms with E-state index in [1.807, 2.05) is 48.5 Å². The van der Waals surface area contributed by atoms with Crippen LogP contribution in [0.3, 0.4) is 0 Å². The number of aromatic nitrogens is 1. The summed E-state index contributed by atoms with van der Waals surface area (Å²) in [4.78, 5) is 12.6. The van der Waals surface area contributed by atoms with Gasteiger partial charge in [-0.1, -0.05) is 76.9 Å². The smallest absolute Gasteiger partial charge is 0.221 e. The second-order valence-electron chi connectivity index (χ2n) is 7.12. The standard InChI is InChI=1S/C26H15Cl2NO3/c27-20-8-4-7-18(25(20)28)23-13-14-24(31-23)22(30)12-10-16-9-11-21-19(15-16)26(32-29-21)17-5-2-1-3-6-17/h1-15H. The van der Waals surface area contributed by atoms with E-state index in [1.54, 1.807) is 36.4 Å². The Bertz CT molecular complexity index is 1470. The van der Waals surface area contributed by atoms with Crippen LogP contribution in [0, 0.1) is 0 Å². The maximum atomic E-state index is 12.6. The van der Waals surface area contributed by atoms with E-state index in [0.717, 1.165) is 22.0 Å². The van der Waals surface area contributed by atoms with Gasteiger partial charge in [-0.25, -0.2) is 0 Å². The first-order chi connectivity index (χ1) is 15.6. The third-order valence-corrected chi connectivity index (χ3v) is 5.85. The van der Waals surface area contributed by atoms with Crippen LogP contribution in [0.15, 0.2) is 93.9 Å². The molecule has 2 aromatic heterocycles. The highest BCUT2D eigenvalue weighted by atomic mass is 35.5. The molecule has 0 saturated carbocycles. The zero-order valence-electron chi connectivity index (χ0n) is 16.6. The Morgan fingerprint density at radius 1 is 0.906 bits per heavy atom. The molecule has 5 aromatic rings. The summed E-state index contributed by atoms with van der Waals surface area (Å²) in [6.45, 7) is 0. The Hall–Kier alpha value is -3.60. The van der Waals surface area contributed by atoms with Crippen LogP contribution in [0.2, 0.25) is 10.0 Å². The molecule has 0 atom stereocenters. The Balaban J connectivity index is 1.40. The molecule has 0 aliphatic carbocycles. The zero-order valence-corrected chi connectivity index (χ0v) is 18.1. The van der Waals surface area contributed by atoms with Gasteiger partial charge in [0.15, 0.2) is 11.5 Å². The number of carbonyl (C=O) groups is 1. The number of fused-ring (bicyclic) bond motifs is 1. The SMILES string of the molecule is O=C(C=Cc1ccc2noc(-c3ccccc3)c2c1)c1ccc(-c2cccc(Cl)c2Cl)o1. The van der Waals surface area contributed by atoms with E-state index in [2.05, 4.69) is 5.16 Å². The lowest BCUT2D eigenvalue weighted by atomic mass is 10.1. The maximum Gasteiger partial charge on any atom is 0.221 e. The summed E-state index contributed by atoms with van der Waals surface area (Å²) in [5.41, 5.74) is 3.17. The second kappa shape index (κ2) is 8.50. The van der Waals surface area contributed by atoms with Crippen molar-refractivity contribution in [1.29, 1.82) is 0 Å². The number of ketones is 1. The molecule has 0 N–H and O–H groups in total. The van der Waals surface area contributed by atoms with Crippen molar-refractivity contribution in [3.63, 3.8) is 0 Å². The summed E-state index contributed by atoms with van der Waals surface area (Å²) in [5.74, 6) is 1.12. The van der Waals surface area contributed by atoms with Gasteiger partial charge >= 0.3 is 0 Å². The zero-order chi connectivity index (χ0) is 22.1. The Labute approximate surface area is 193 Å². The minimum atomic E-state index is -0.261. The number of hydrogen-bond acceptors (Lipinski definition) is 4. The van der Waals surface area contributed by atoms with Gasteiger partial charge in [0.05, 0.1) is 15.4 Å². The predicted octanol–water partition coefficient (Wildman–Crippen LogP) is 7.96. The molecule has 0 radical (unpaired) electrons. The van der Waals surface area contributed by atoms with Gasteiger partial charge in [0.1, 0.15) is 11.3 Å². The summed E-state index contributed by atoms with van der Waals surface area (Å²) in [6.07, 6.45) is 3.21. The average Bonchev–Trinajstić information content (AvgIpc) is 3.47. The van der Waals surface area contributed by atoms with Crippen molar-refractivity contribution >= 4 is 46.0 Å². The normalized spacial score (nSPS) is 11.4. The van der Waals surface area contributed by atoms with Gasteiger partial charge in [-0.3, -0.25) is 4.79 Å². The molecule has 0 unspecified atom stereocenters. The van der Waals surface area contributed by atoms with Crippen LogP contribution in [-0.2, 0) is 0 Å². The van der Waals surface area contributed by atoms with Crippen LogP contribution in [0.4, 0.5) is 0 Å². The summed E-state index contributed by atoms with van der Waals surface area (Å²) >= 11 is 12.3. The fraction of sp³-hybridized carbons (Fsp3) is 0. The summed E-state index contributed by atoms with van der Waals surface area (Å²) in [6, 6.07) is 24.0. The summed E-state index contributed by atoms with van der Waals surface area (Å²) in [5, 5.41) is 5.81. The lowest BCUT2D eigenvalue weighted by molar-refractivity contribution is 0.102. The van der Waals surface area contributed by atoms with E-state index in [4.69, 9.17) is 32.1 Å². The first-order valence-electron chi connectivity index (χ1n) is 9.81. The first kappa shape index (κ1) is 20.3. The fourth-order valence-electron chi connectivity index (χ4n) is 3.42. The van der Waals surface area contributed by atoms with Crippen molar-refractivity contribution in [1.82, 2.24) is 5.16 Å². The monoisotopic (exact) mass is 459 g/mol. The molecule has 0 aliphatic heterocycles. The number of halogens is 2. The number of furan rings is 1. The molecule has 0 fully saturated rings. The molecular formula is C26H15Cl2NO3. The number of rotatable bonds is 5. The van der Waals surface area contributed by atoms with E-state index in [9.17, 15) is 4.79 Å². The van der Waals surface area contributed by atoms with Gasteiger partial charge in [0.25, 0.3) is 0 Å². The molecule has 0 bridgehead atoms. The molecular weight excluding hydrogens is 445 g/mol. The Morgan fingerprint density at radius 3 is 2.59 bits per heavy atom.